The van der Waals surface area contributed by atoms with Crippen LogP contribution in [0.4, 0.5) is 5.69 Å². The summed E-state index contributed by atoms with van der Waals surface area (Å²) in [5.74, 6) is 0.568. The van der Waals surface area contributed by atoms with E-state index in [9.17, 15) is 14.9 Å². The number of nitrogens with zero attached hydrogens (tertiary/aromatic N) is 1. The highest BCUT2D eigenvalue weighted by Gasteiger charge is 2.16. The van der Waals surface area contributed by atoms with Crippen LogP contribution in [0, 0.1) is 10.1 Å². The Morgan fingerprint density at radius 3 is 2.59 bits per heavy atom. The molecule has 122 valence electrons. The quantitative estimate of drug-likeness (QED) is 0.521. The molecule has 22 heavy (non-hydrogen) atoms. The summed E-state index contributed by atoms with van der Waals surface area (Å²) in [4.78, 5) is 19.7. The Hall–Kier alpha value is -2.15. The molecule has 0 amide bonds. The molecule has 7 heteroatoms. The molecule has 0 saturated carbocycles. The van der Waals surface area contributed by atoms with Crippen LogP contribution in [-0.4, -0.2) is 36.2 Å². The van der Waals surface area contributed by atoms with E-state index in [1.807, 2.05) is 20.8 Å². The maximum atomic E-state index is 10.5. The maximum Gasteiger partial charge on any atom is 0.293 e. The van der Waals surface area contributed by atoms with E-state index in [4.69, 9.17) is 4.74 Å². The number of benzene rings is 1. The molecule has 0 bridgehead atoms. The average Bonchev–Trinajstić information content (AvgIpc) is 2.91. The Bertz CT molecular complexity index is 493. The lowest BCUT2D eigenvalue weighted by molar-refractivity contribution is -0.384. The third-order valence-corrected chi connectivity index (χ3v) is 2.75. The van der Waals surface area contributed by atoms with Gasteiger partial charge in [-0.15, -0.1) is 0 Å². The third kappa shape index (κ3) is 7.03. The third-order valence-electron chi connectivity index (χ3n) is 2.75. The van der Waals surface area contributed by atoms with Crippen LogP contribution in [0.5, 0.6) is 5.75 Å². The van der Waals surface area contributed by atoms with Gasteiger partial charge in [0.25, 0.3) is 12.2 Å². The molecule has 1 aromatic carbocycles. The standard InChI is InChI=1S/C10H12N2O3.C5H10O2/c13-12(14)8-2-1-3-9(6-8)15-10-4-5-11-7-10;1-5(2,3)7-4-6/h1-3,6,10-11H,4-5,7H2;4H,1-3H3/t10-;/m1./s1. The number of nitro benzene ring substituents is 1. The molecule has 1 saturated heterocycles. The van der Waals surface area contributed by atoms with Crippen molar-refractivity contribution in [2.24, 2.45) is 0 Å². The van der Waals surface area contributed by atoms with Gasteiger partial charge in [0.05, 0.1) is 11.0 Å². The second kappa shape index (κ2) is 8.33. The van der Waals surface area contributed by atoms with E-state index in [-0.39, 0.29) is 17.4 Å². The predicted molar refractivity (Wildman–Crippen MR) is 81.9 cm³/mol. The van der Waals surface area contributed by atoms with Crippen molar-refractivity contribution >= 4 is 12.2 Å². The second-order valence-electron chi connectivity index (χ2n) is 5.81. The first-order chi connectivity index (χ1) is 10.3. The van der Waals surface area contributed by atoms with Gasteiger partial charge in [-0.05, 0) is 39.8 Å². The highest BCUT2D eigenvalue weighted by Crippen LogP contribution is 2.21. The molecule has 1 N–H and O–H groups in total. The lowest BCUT2D eigenvalue weighted by atomic mass is 10.2. The minimum Gasteiger partial charge on any atom is -0.489 e. The van der Waals surface area contributed by atoms with Gasteiger partial charge in [-0.3, -0.25) is 14.9 Å². The number of ether oxygens (including phenoxy) is 2. The molecule has 1 fully saturated rings. The van der Waals surface area contributed by atoms with E-state index in [0.29, 0.717) is 12.2 Å². The number of non-ortho nitro benzene ring substituents is 1. The fourth-order valence-electron chi connectivity index (χ4n) is 1.74. The number of hydrogen-bond donors (Lipinski definition) is 1. The number of rotatable bonds is 4. The van der Waals surface area contributed by atoms with Crippen LogP contribution in [0.3, 0.4) is 0 Å². The summed E-state index contributed by atoms with van der Waals surface area (Å²) in [7, 11) is 0. The van der Waals surface area contributed by atoms with E-state index >= 15 is 0 Å². The molecule has 1 aliphatic heterocycles. The van der Waals surface area contributed by atoms with Crippen LogP contribution in [0.1, 0.15) is 27.2 Å². The monoisotopic (exact) mass is 310 g/mol. The number of nitro groups is 1. The van der Waals surface area contributed by atoms with Gasteiger partial charge in [0, 0.05) is 12.6 Å². The van der Waals surface area contributed by atoms with Gasteiger partial charge in [-0.2, -0.15) is 0 Å². The summed E-state index contributed by atoms with van der Waals surface area (Å²) >= 11 is 0. The predicted octanol–water partition coefficient (Wildman–Crippen LogP) is 2.29. The second-order valence-corrected chi connectivity index (χ2v) is 5.81. The fourth-order valence-corrected chi connectivity index (χ4v) is 1.74. The van der Waals surface area contributed by atoms with Crippen molar-refractivity contribution in [3.63, 3.8) is 0 Å². The SMILES string of the molecule is CC(C)(C)OC=O.O=[N+]([O-])c1cccc(O[C@@H]2CCNC2)c1. The number of nitrogens with one attached hydrogen (secondary N) is 1. The minimum atomic E-state index is -0.417. The molecule has 1 atom stereocenters. The largest absolute Gasteiger partial charge is 0.489 e. The molecule has 2 rings (SSSR count). The highest BCUT2D eigenvalue weighted by atomic mass is 16.6. The molecule has 0 unspecified atom stereocenters. The van der Waals surface area contributed by atoms with Crippen molar-refractivity contribution in [3.8, 4) is 5.75 Å². The van der Waals surface area contributed by atoms with Crippen molar-refractivity contribution in [2.75, 3.05) is 13.1 Å². The molecule has 1 heterocycles. The Morgan fingerprint density at radius 1 is 1.41 bits per heavy atom. The molecule has 0 spiro atoms. The van der Waals surface area contributed by atoms with E-state index in [0.717, 1.165) is 19.5 Å². The van der Waals surface area contributed by atoms with E-state index in [1.54, 1.807) is 12.1 Å². The summed E-state index contributed by atoms with van der Waals surface area (Å²) in [6.07, 6.45) is 1.08. The molecular weight excluding hydrogens is 288 g/mol. The van der Waals surface area contributed by atoms with Gasteiger partial charge in [0.15, 0.2) is 0 Å². The molecular formula is C15H22N2O5. The van der Waals surface area contributed by atoms with Gasteiger partial charge in [0.1, 0.15) is 17.5 Å². The number of carbonyl (C=O) groups excluding carboxylic acids is 1. The van der Waals surface area contributed by atoms with Gasteiger partial charge in [-0.25, -0.2) is 0 Å². The first-order valence-corrected chi connectivity index (χ1v) is 7.05. The summed E-state index contributed by atoms with van der Waals surface area (Å²) in [5, 5.41) is 13.7. The highest BCUT2D eigenvalue weighted by molar-refractivity contribution is 5.38. The first-order valence-electron chi connectivity index (χ1n) is 7.05. The smallest absolute Gasteiger partial charge is 0.293 e. The molecule has 1 aliphatic rings. The molecule has 7 nitrogen and oxygen atoms in total. The first kappa shape index (κ1) is 17.9. The Morgan fingerprint density at radius 2 is 2.14 bits per heavy atom. The molecule has 0 aliphatic carbocycles. The van der Waals surface area contributed by atoms with Crippen molar-refractivity contribution in [2.45, 2.75) is 38.9 Å². The zero-order valence-electron chi connectivity index (χ0n) is 13.1. The van der Waals surface area contributed by atoms with Gasteiger partial charge in [0.2, 0.25) is 0 Å². The number of carbonyl (C=O) groups is 1. The van der Waals surface area contributed by atoms with Crippen molar-refractivity contribution in [1.82, 2.24) is 5.32 Å². The van der Waals surface area contributed by atoms with Crippen molar-refractivity contribution in [1.29, 1.82) is 0 Å². The van der Waals surface area contributed by atoms with E-state index in [2.05, 4.69) is 10.1 Å². The summed E-state index contributed by atoms with van der Waals surface area (Å²) in [6.45, 7) is 7.67. The van der Waals surface area contributed by atoms with Crippen LogP contribution in [0.15, 0.2) is 24.3 Å². The van der Waals surface area contributed by atoms with Crippen molar-refractivity contribution in [3.05, 3.63) is 34.4 Å². The van der Waals surface area contributed by atoms with E-state index < -0.39 is 4.92 Å². The zero-order chi connectivity index (χ0) is 16.6. The van der Waals surface area contributed by atoms with Gasteiger partial charge < -0.3 is 14.8 Å². The summed E-state index contributed by atoms with van der Waals surface area (Å²) in [6, 6.07) is 6.29. The van der Waals surface area contributed by atoms with E-state index in [1.165, 1.54) is 12.1 Å². The number of hydrogen-bond acceptors (Lipinski definition) is 6. The average molecular weight is 310 g/mol. The summed E-state index contributed by atoms with van der Waals surface area (Å²) < 4.78 is 10.1. The van der Waals surface area contributed by atoms with Gasteiger partial charge >= 0.3 is 0 Å². The van der Waals surface area contributed by atoms with Crippen LogP contribution >= 0.6 is 0 Å². The topological polar surface area (TPSA) is 90.7 Å². The maximum absolute atomic E-state index is 10.5. The molecule has 1 aromatic rings. The van der Waals surface area contributed by atoms with Crippen LogP contribution in [0.2, 0.25) is 0 Å². The van der Waals surface area contributed by atoms with Gasteiger partial charge in [-0.1, -0.05) is 6.07 Å². The Kier molecular flexibility index (Phi) is 6.78. The van der Waals surface area contributed by atoms with Crippen LogP contribution in [0.25, 0.3) is 0 Å². The Labute approximate surface area is 129 Å². The van der Waals surface area contributed by atoms with Crippen LogP contribution < -0.4 is 10.1 Å². The normalized spacial score (nSPS) is 17.1. The van der Waals surface area contributed by atoms with Crippen LogP contribution in [-0.2, 0) is 9.53 Å². The molecule has 0 radical (unpaired) electrons. The Balaban J connectivity index is 0.000000295. The minimum absolute atomic E-state index is 0.0680. The van der Waals surface area contributed by atoms with Crippen molar-refractivity contribution < 1.29 is 19.2 Å². The fraction of sp³-hybridized carbons (Fsp3) is 0.533. The summed E-state index contributed by atoms with van der Waals surface area (Å²) in [5.41, 5.74) is -0.250. The molecule has 0 aromatic heterocycles. The zero-order valence-corrected chi connectivity index (χ0v) is 13.1. The lowest BCUT2D eigenvalue weighted by Crippen LogP contribution is -2.19. The lowest BCUT2D eigenvalue weighted by Gasteiger charge is -2.14.